The summed E-state index contributed by atoms with van der Waals surface area (Å²) in [5.41, 5.74) is 5.44. The van der Waals surface area contributed by atoms with E-state index in [0.29, 0.717) is 4.90 Å². The van der Waals surface area contributed by atoms with Crippen molar-refractivity contribution in [3.8, 4) is 0 Å². The zero-order valence-electron chi connectivity index (χ0n) is 33.0. The number of halogens is 1. The normalized spacial score (nSPS) is 27.7. The lowest BCUT2D eigenvalue weighted by molar-refractivity contribution is -0.146. The van der Waals surface area contributed by atoms with E-state index in [2.05, 4.69) is 37.2 Å². The third-order valence-electron chi connectivity index (χ3n) is 9.16. The lowest BCUT2D eigenvalue weighted by Gasteiger charge is -2.30. The van der Waals surface area contributed by atoms with E-state index in [1.807, 2.05) is 0 Å². The van der Waals surface area contributed by atoms with Crippen molar-refractivity contribution in [2.24, 2.45) is 5.73 Å². The zero-order chi connectivity index (χ0) is 46.1. The Bertz CT molecular complexity index is 1760. The number of nitrogens with zero attached hydrogens (tertiary/aromatic N) is 1. The molecule has 2 rings (SSSR count). The molecule has 0 bridgehead atoms. The fraction of sp³-hybridized carbons (Fsp3) is 0.600. The summed E-state index contributed by atoms with van der Waals surface area (Å²) in [4.78, 5) is 153. The SMILES string of the molecule is CC(=O)N[C@H]1C/C=C/C[C@@H](C(N)=O)NC(=O)[C@H](CCC(=O)O)NC(=O)CNC(=O)[C@H]([C@@H](C)O)NC(=O)[C@H](CCC(=O)O)NC(=O)[C@@H]2C[C@H](F)CN2C(=O)[C@H](CC(=O)O)NC1=O. The molecule has 25 nitrogen and oxygen atoms in total. The van der Waals surface area contributed by atoms with Gasteiger partial charge in [0.25, 0.3) is 0 Å². The summed E-state index contributed by atoms with van der Waals surface area (Å²) < 4.78 is 14.9. The minimum absolute atomic E-state index is 0.363. The van der Waals surface area contributed by atoms with Gasteiger partial charge in [-0.05, 0) is 32.6 Å². The van der Waals surface area contributed by atoms with Crippen LogP contribution in [0.4, 0.5) is 4.39 Å². The van der Waals surface area contributed by atoms with Gasteiger partial charge in [0.2, 0.25) is 53.2 Å². The molecule has 2 aliphatic rings. The van der Waals surface area contributed by atoms with E-state index in [0.717, 1.165) is 13.8 Å². The van der Waals surface area contributed by atoms with E-state index < -0.39 is 177 Å². The molecule has 0 aromatic carbocycles. The molecule has 2 heterocycles. The van der Waals surface area contributed by atoms with Gasteiger partial charge < -0.3 is 68.3 Å². The number of carboxylic acid groups (broad SMARTS) is 3. The predicted octanol–water partition coefficient (Wildman–Crippen LogP) is -5.61. The molecule has 338 valence electrons. The van der Waals surface area contributed by atoms with Gasteiger partial charge in [0.05, 0.1) is 25.6 Å². The third kappa shape index (κ3) is 16.8. The first-order chi connectivity index (χ1) is 28.5. The number of aliphatic hydroxyl groups is 1. The Balaban J connectivity index is 2.64. The maximum atomic E-state index is 14.9. The van der Waals surface area contributed by atoms with Gasteiger partial charge in [0.1, 0.15) is 48.5 Å². The minimum Gasteiger partial charge on any atom is -0.481 e. The van der Waals surface area contributed by atoms with Crippen LogP contribution in [0.25, 0.3) is 0 Å². The van der Waals surface area contributed by atoms with Gasteiger partial charge in [-0.2, -0.15) is 0 Å². The number of rotatable bonds is 11. The van der Waals surface area contributed by atoms with E-state index in [-0.39, 0.29) is 12.8 Å². The molecule has 26 heteroatoms. The maximum absolute atomic E-state index is 14.9. The molecule has 0 spiro atoms. The Morgan fingerprint density at radius 1 is 0.787 bits per heavy atom. The molecule has 0 aromatic rings. The Hall–Kier alpha value is -6.73. The largest absolute Gasteiger partial charge is 0.481 e. The fourth-order valence-corrected chi connectivity index (χ4v) is 6.11. The molecule has 0 saturated carbocycles. The fourth-order valence-electron chi connectivity index (χ4n) is 6.11. The highest BCUT2D eigenvalue weighted by molar-refractivity contribution is 5.98. The summed E-state index contributed by atoms with van der Waals surface area (Å²) in [7, 11) is 0. The number of nitrogens with two attached hydrogens (primary N) is 1. The van der Waals surface area contributed by atoms with Crippen LogP contribution in [0, 0.1) is 0 Å². The van der Waals surface area contributed by atoms with Crippen LogP contribution in [-0.2, 0) is 57.5 Å². The summed E-state index contributed by atoms with van der Waals surface area (Å²) in [5.74, 6) is -14.6. The summed E-state index contributed by atoms with van der Waals surface area (Å²) in [6.07, 6.45) is -6.26. The molecule has 61 heavy (non-hydrogen) atoms. The maximum Gasteiger partial charge on any atom is 0.305 e. The van der Waals surface area contributed by atoms with Crippen molar-refractivity contribution in [3.63, 3.8) is 0 Å². The standard InChI is InChI=1S/C35H50FN9O16/c1-15(46)28-34(60)38-13-24(48)40-20(7-9-25(49)50)31(57)41-18(29(37)55)5-3-4-6-19(39-16(2)47)30(56)43-22(12-27(53)54)35(61)45-14-17(36)11-23(45)33(59)42-21(32(58)44-28)8-10-26(51)52/h3-4,15,17-23,28,46H,5-14H2,1-2H3,(H2,37,55)(H,38,60)(H,39,47)(H,40,48)(H,41,57)(H,42,59)(H,43,56)(H,44,58)(H,49,50)(H,51,52)(H,53,54)/b4-3+/t15-,17+,18+,19+,20+,21+,22+,23+,28+/m1/s1. The highest BCUT2D eigenvalue weighted by Crippen LogP contribution is 2.23. The molecule has 0 aromatic heterocycles. The van der Waals surface area contributed by atoms with Crippen molar-refractivity contribution in [3.05, 3.63) is 12.2 Å². The Morgan fingerprint density at radius 2 is 1.34 bits per heavy atom. The topological polar surface area (TPSA) is 399 Å². The van der Waals surface area contributed by atoms with Crippen molar-refractivity contribution in [1.82, 2.24) is 42.1 Å². The van der Waals surface area contributed by atoms with Crippen molar-refractivity contribution < 1.29 is 82.4 Å². The monoisotopic (exact) mass is 871 g/mol. The molecule has 1 fully saturated rings. The van der Waals surface area contributed by atoms with E-state index in [4.69, 9.17) is 5.73 Å². The molecular weight excluding hydrogens is 821 g/mol. The van der Waals surface area contributed by atoms with Gasteiger partial charge in [-0.15, -0.1) is 0 Å². The number of aliphatic hydroxyl groups excluding tert-OH is 1. The number of hydrogen-bond donors (Lipinski definition) is 12. The van der Waals surface area contributed by atoms with Crippen molar-refractivity contribution in [2.45, 2.75) is 120 Å². The Labute approximate surface area is 346 Å². The average molecular weight is 872 g/mol. The molecule has 1 saturated heterocycles. The van der Waals surface area contributed by atoms with Crippen LogP contribution in [0.2, 0.25) is 0 Å². The Morgan fingerprint density at radius 3 is 1.89 bits per heavy atom. The summed E-state index contributed by atoms with van der Waals surface area (Å²) in [6.45, 7) is 0.349. The summed E-state index contributed by atoms with van der Waals surface area (Å²) in [5, 5.41) is 53.8. The molecule has 0 radical (unpaired) electrons. The first-order valence-corrected chi connectivity index (χ1v) is 18.8. The molecular formula is C35H50FN9O16. The van der Waals surface area contributed by atoms with Crippen LogP contribution in [0.1, 0.15) is 65.2 Å². The molecule has 2 aliphatic heterocycles. The van der Waals surface area contributed by atoms with Crippen LogP contribution < -0.4 is 43.0 Å². The number of carbonyl (C=O) groups excluding carboxylic acids is 9. The number of carboxylic acids is 3. The second kappa shape index (κ2) is 23.8. The first kappa shape index (κ1) is 50.4. The van der Waals surface area contributed by atoms with Crippen LogP contribution in [0.5, 0.6) is 0 Å². The van der Waals surface area contributed by atoms with E-state index in [1.54, 1.807) is 0 Å². The van der Waals surface area contributed by atoms with Crippen LogP contribution in [0.15, 0.2) is 12.2 Å². The number of primary amides is 1. The summed E-state index contributed by atoms with van der Waals surface area (Å²) >= 11 is 0. The number of amides is 9. The Kier molecular flexibility index (Phi) is 19.6. The quantitative estimate of drug-likeness (QED) is 0.0861. The van der Waals surface area contributed by atoms with Crippen molar-refractivity contribution in [1.29, 1.82) is 0 Å². The number of aliphatic carboxylic acids is 3. The van der Waals surface area contributed by atoms with Crippen molar-refractivity contribution in [2.75, 3.05) is 13.1 Å². The van der Waals surface area contributed by atoms with Crippen molar-refractivity contribution >= 4 is 71.1 Å². The molecule has 9 amide bonds. The van der Waals surface area contributed by atoms with Gasteiger partial charge in [0, 0.05) is 26.2 Å². The lowest BCUT2D eigenvalue weighted by Crippen LogP contribution is -2.60. The number of fused-ring (bicyclic) bond motifs is 1. The first-order valence-electron chi connectivity index (χ1n) is 18.8. The van der Waals surface area contributed by atoms with E-state index in [1.165, 1.54) is 12.2 Å². The highest BCUT2D eigenvalue weighted by Gasteiger charge is 2.44. The number of alkyl halides is 1. The van der Waals surface area contributed by atoms with E-state index >= 15 is 0 Å². The van der Waals surface area contributed by atoms with Gasteiger partial charge in [-0.3, -0.25) is 57.5 Å². The number of hydrogen-bond acceptors (Lipinski definition) is 13. The molecule has 9 atom stereocenters. The minimum atomic E-state index is -1.97. The third-order valence-corrected chi connectivity index (χ3v) is 9.16. The van der Waals surface area contributed by atoms with E-state index in [9.17, 15) is 82.4 Å². The average Bonchev–Trinajstić information content (AvgIpc) is 3.56. The molecule has 0 unspecified atom stereocenters. The molecule has 0 aliphatic carbocycles. The number of carbonyl (C=O) groups is 12. The predicted molar refractivity (Wildman–Crippen MR) is 201 cm³/mol. The van der Waals surface area contributed by atoms with Gasteiger partial charge in [-0.1, -0.05) is 12.2 Å². The van der Waals surface area contributed by atoms with Crippen LogP contribution in [0.3, 0.4) is 0 Å². The zero-order valence-corrected chi connectivity index (χ0v) is 33.0. The van der Waals surface area contributed by atoms with Gasteiger partial charge in [-0.25, -0.2) is 4.39 Å². The highest BCUT2D eigenvalue weighted by atomic mass is 19.1. The van der Waals surface area contributed by atoms with Gasteiger partial charge >= 0.3 is 17.9 Å². The second-order valence-electron chi connectivity index (χ2n) is 14.1. The second-order valence-corrected chi connectivity index (χ2v) is 14.1. The smallest absolute Gasteiger partial charge is 0.305 e. The van der Waals surface area contributed by atoms with Crippen LogP contribution >= 0.6 is 0 Å². The summed E-state index contributed by atoms with van der Waals surface area (Å²) in [6, 6.07) is -12.1. The van der Waals surface area contributed by atoms with Crippen LogP contribution in [-0.4, -0.2) is 164 Å². The van der Waals surface area contributed by atoms with Gasteiger partial charge in [0.15, 0.2) is 0 Å². The molecule has 13 N–H and O–H groups in total. The number of nitrogens with one attached hydrogen (secondary N) is 7. The lowest BCUT2D eigenvalue weighted by atomic mass is 10.1.